The minimum absolute atomic E-state index is 0. The molecule has 1 N–H and O–H groups in total. The summed E-state index contributed by atoms with van der Waals surface area (Å²) in [5.41, 5.74) is 2.28. The second kappa shape index (κ2) is 9.06. The van der Waals surface area contributed by atoms with Crippen LogP contribution in [0, 0.1) is 25.7 Å². The maximum absolute atomic E-state index is 5.23. The van der Waals surface area contributed by atoms with Crippen LogP contribution in [0.15, 0.2) is 9.52 Å². The number of aromatic nitrogens is 1. The number of fused-ring (bicyclic) bond motifs is 1. The molecule has 2 unspecified atom stereocenters. The van der Waals surface area contributed by atoms with E-state index < -0.39 is 0 Å². The normalized spacial score (nSPS) is 23.8. The van der Waals surface area contributed by atoms with Crippen LogP contribution in [0.2, 0.25) is 0 Å². The van der Waals surface area contributed by atoms with Crippen molar-refractivity contribution >= 4 is 29.9 Å². The molecular weight excluding hydrogens is 415 g/mol. The van der Waals surface area contributed by atoms with Gasteiger partial charge in [0.25, 0.3) is 0 Å². The number of rotatable bonds is 4. The lowest BCUT2D eigenvalue weighted by atomic mass is 9.82. The van der Waals surface area contributed by atoms with E-state index in [9.17, 15) is 0 Å². The summed E-state index contributed by atoms with van der Waals surface area (Å²) < 4.78 is 5.23. The second-order valence-corrected chi connectivity index (χ2v) is 7.09. The SMILES string of the molecule is CN=C(NCCCc1c(C)noc1C)N1CC2CCCCC2C1.I. The monoisotopic (exact) mass is 446 g/mol. The van der Waals surface area contributed by atoms with Crippen LogP contribution in [0.3, 0.4) is 0 Å². The van der Waals surface area contributed by atoms with Gasteiger partial charge in [-0.05, 0) is 51.4 Å². The van der Waals surface area contributed by atoms with E-state index in [2.05, 4.69) is 20.4 Å². The van der Waals surface area contributed by atoms with Crippen LogP contribution < -0.4 is 5.32 Å². The van der Waals surface area contributed by atoms with Gasteiger partial charge in [0.05, 0.1) is 5.69 Å². The van der Waals surface area contributed by atoms with Crippen LogP contribution in [0.5, 0.6) is 0 Å². The Morgan fingerprint density at radius 2 is 1.92 bits per heavy atom. The van der Waals surface area contributed by atoms with Gasteiger partial charge in [-0.1, -0.05) is 18.0 Å². The third-order valence-corrected chi connectivity index (χ3v) is 5.56. The van der Waals surface area contributed by atoms with E-state index >= 15 is 0 Å². The summed E-state index contributed by atoms with van der Waals surface area (Å²) >= 11 is 0. The van der Waals surface area contributed by atoms with Crippen molar-refractivity contribution in [1.29, 1.82) is 0 Å². The van der Waals surface area contributed by atoms with Crippen LogP contribution in [-0.2, 0) is 6.42 Å². The van der Waals surface area contributed by atoms with Gasteiger partial charge in [0.2, 0.25) is 0 Å². The van der Waals surface area contributed by atoms with E-state index in [0.29, 0.717) is 0 Å². The van der Waals surface area contributed by atoms with Crippen LogP contribution in [0.25, 0.3) is 0 Å². The lowest BCUT2D eigenvalue weighted by Crippen LogP contribution is -2.40. The lowest BCUT2D eigenvalue weighted by molar-refractivity contribution is 0.299. The predicted molar refractivity (Wildman–Crippen MR) is 108 cm³/mol. The molecule has 2 atom stereocenters. The van der Waals surface area contributed by atoms with E-state index in [1.165, 1.54) is 44.3 Å². The van der Waals surface area contributed by atoms with Gasteiger partial charge in [0.1, 0.15) is 5.76 Å². The summed E-state index contributed by atoms with van der Waals surface area (Å²) in [6.45, 7) is 7.34. The Hall–Kier alpha value is -0.790. The van der Waals surface area contributed by atoms with Crippen LogP contribution >= 0.6 is 24.0 Å². The highest BCUT2D eigenvalue weighted by atomic mass is 127. The highest BCUT2D eigenvalue weighted by Crippen LogP contribution is 2.35. The van der Waals surface area contributed by atoms with E-state index in [1.807, 2.05) is 20.9 Å². The Balaban J connectivity index is 0.00000208. The topological polar surface area (TPSA) is 53.7 Å². The molecule has 2 aliphatic rings. The first-order valence-corrected chi connectivity index (χ1v) is 9.06. The third kappa shape index (κ3) is 4.43. The number of likely N-dealkylation sites (tertiary alicyclic amines) is 1. The maximum Gasteiger partial charge on any atom is 0.193 e. The van der Waals surface area contributed by atoms with Crippen molar-refractivity contribution in [2.45, 2.75) is 52.4 Å². The van der Waals surface area contributed by atoms with Crippen molar-refractivity contribution in [3.63, 3.8) is 0 Å². The summed E-state index contributed by atoms with van der Waals surface area (Å²) in [6.07, 6.45) is 7.73. The van der Waals surface area contributed by atoms with Crippen LogP contribution in [0.4, 0.5) is 0 Å². The first-order chi connectivity index (χ1) is 11.2. The van der Waals surface area contributed by atoms with Crippen LogP contribution in [0.1, 0.15) is 49.1 Å². The summed E-state index contributed by atoms with van der Waals surface area (Å²) in [4.78, 5) is 6.97. The Labute approximate surface area is 162 Å². The summed E-state index contributed by atoms with van der Waals surface area (Å²) in [5, 5.41) is 7.57. The van der Waals surface area contributed by atoms with Gasteiger partial charge in [-0.25, -0.2) is 0 Å². The summed E-state index contributed by atoms with van der Waals surface area (Å²) in [7, 11) is 1.90. The zero-order chi connectivity index (χ0) is 16.2. The number of nitrogens with one attached hydrogen (secondary N) is 1. The molecule has 0 bridgehead atoms. The smallest absolute Gasteiger partial charge is 0.193 e. The minimum atomic E-state index is 0. The first-order valence-electron chi connectivity index (χ1n) is 9.06. The van der Waals surface area contributed by atoms with Gasteiger partial charge in [-0.3, -0.25) is 4.99 Å². The molecule has 1 aliphatic carbocycles. The molecule has 1 aliphatic heterocycles. The first kappa shape index (κ1) is 19.5. The Kier molecular flexibility index (Phi) is 7.37. The van der Waals surface area contributed by atoms with E-state index in [-0.39, 0.29) is 24.0 Å². The molecule has 24 heavy (non-hydrogen) atoms. The number of aryl methyl sites for hydroxylation is 2. The Morgan fingerprint density at radius 1 is 1.25 bits per heavy atom. The fraction of sp³-hybridized carbons (Fsp3) is 0.778. The average molecular weight is 446 g/mol. The maximum atomic E-state index is 5.23. The van der Waals surface area contributed by atoms with E-state index in [1.54, 1.807) is 0 Å². The Bertz CT molecular complexity index is 524. The molecule has 0 radical (unpaired) electrons. The quantitative estimate of drug-likeness (QED) is 0.333. The molecule has 3 rings (SSSR count). The van der Waals surface area contributed by atoms with Gasteiger partial charge < -0.3 is 14.7 Å². The molecule has 2 heterocycles. The van der Waals surface area contributed by atoms with Crippen molar-refractivity contribution in [1.82, 2.24) is 15.4 Å². The van der Waals surface area contributed by atoms with Crippen molar-refractivity contribution in [2.75, 3.05) is 26.7 Å². The second-order valence-electron chi connectivity index (χ2n) is 7.09. The number of aliphatic imine (C=N–C) groups is 1. The van der Waals surface area contributed by atoms with E-state index in [0.717, 1.165) is 48.6 Å². The molecule has 5 nitrogen and oxygen atoms in total. The van der Waals surface area contributed by atoms with Crippen molar-refractivity contribution in [3.8, 4) is 0 Å². The molecule has 0 amide bonds. The number of halogens is 1. The molecule has 0 aromatic carbocycles. The standard InChI is InChI=1S/C18H30N4O.HI/c1-13-17(14(2)23-21-13)9-6-10-20-18(19-3)22-11-15-7-4-5-8-16(15)12-22;/h15-16H,4-12H2,1-3H3,(H,19,20);1H. The number of nitrogens with zero attached hydrogens (tertiary/aromatic N) is 3. The minimum Gasteiger partial charge on any atom is -0.361 e. The molecule has 1 saturated carbocycles. The van der Waals surface area contributed by atoms with Gasteiger partial charge in [0, 0.05) is 32.2 Å². The molecular formula is C18H31IN4O. The Morgan fingerprint density at radius 3 is 2.46 bits per heavy atom. The van der Waals surface area contributed by atoms with Gasteiger partial charge in [-0.15, -0.1) is 24.0 Å². The van der Waals surface area contributed by atoms with Gasteiger partial charge in [-0.2, -0.15) is 0 Å². The van der Waals surface area contributed by atoms with Gasteiger partial charge in [0.15, 0.2) is 5.96 Å². The predicted octanol–water partition coefficient (Wildman–Crippen LogP) is 3.54. The van der Waals surface area contributed by atoms with Crippen molar-refractivity contribution in [2.24, 2.45) is 16.8 Å². The molecule has 6 heteroatoms. The van der Waals surface area contributed by atoms with E-state index in [4.69, 9.17) is 4.52 Å². The molecule has 0 spiro atoms. The molecule has 1 saturated heterocycles. The summed E-state index contributed by atoms with van der Waals surface area (Å²) in [6, 6.07) is 0. The molecule has 1 aromatic rings. The third-order valence-electron chi connectivity index (χ3n) is 5.56. The fourth-order valence-electron chi connectivity index (χ4n) is 4.24. The van der Waals surface area contributed by atoms with Crippen LogP contribution in [-0.4, -0.2) is 42.7 Å². The largest absolute Gasteiger partial charge is 0.361 e. The zero-order valence-electron chi connectivity index (χ0n) is 15.2. The average Bonchev–Trinajstić information content (AvgIpc) is 3.12. The highest BCUT2D eigenvalue weighted by molar-refractivity contribution is 14.0. The highest BCUT2D eigenvalue weighted by Gasteiger charge is 2.35. The molecule has 2 fully saturated rings. The zero-order valence-corrected chi connectivity index (χ0v) is 17.5. The van der Waals surface area contributed by atoms with Crippen molar-refractivity contribution < 1.29 is 4.52 Å². The summed E-state index contributed by atoms with van der Waals surface area (Å²) in [5.74, 6) is 3.82. The number of hydrogen-bond donors (Lipinski definition) is 1. The fourth-order valence-corrected chi connectivity index (χ4v) is 4.24. The lowest BCUT2D eigenvalue weighted by Gasteiger charge is -2.22. The van der Waals surface area contributed by atoms with Gasteiger partial charge >= 0.3 is 0 Å². The molecule has 1 aromatic heterocycles. The molecule has 136 valence electrons. The number of hydrogen-bond acceptors (Lipinski definition) is 3. The van der Waals surface area contributed by atoms with Crippen molar-refractivity contribution in [3.05, 3.63) is 17.0 Å². The number of guanidine groups is 1.